The first kappa shape index (κ1) is 17.0. The standard InChI is InChI=1S/C18H17N5O4/c24-18(17-16-14(20-21-17)2-1-3-15(16)23(25)26)19-12-4-6-13(7-5-12)22-8-10-27-11-9-22/h1-7H,8-11H2,(H,19,24)(H,20,21). The van der Waals surface area contributed by atoms with Crippen molar-refractivity contribution in [1.29, 1.82) is 0 Å². The number of non-ortho nitro benzene ring substituents is 1. The second-order valence-electron chi connectivity index (χ2n) is 6.13. The summed E-state index contributed by atoms with van der Waals surface area (Å²) in [6, 6.07) is 12.0. The molecule has 0 bridgehead atoms. The normalized spacial score (nSPS) is 14.3. The summed E-state index contributed by atoms with van der Waals surface area (Å²) in [6.45, 7) is 3.05. The Kier molecular flexibility index (Phi) is 4.43. The van der Waals surface area contributed by atoms with E-state index in [-0.39, 0.29) is 16.8 Å². The summed E-state index contributed by atoms with van der Waals surface area (Å²) in [7, 11) is 0. The first-order valence-electron chi connectivity index (χ1n) is 8.49. The molecule has 0 spiro atoms. The van der Waals surface area contributed by atoms with Gasteiger partial charge in [-0.3, -0.25) is 20.0 Å². The Morgan fingerprint density at radius 3 is 2.63 bits per heavy atom. The maximum Gasteiger partial charge on any atom is 0.281 e. The number of nitro benzene ring substituents is 1. The van der Waals surface area contributed by atoms with Crippen LogP contribution in [0.4, 0.5) is 17.1 Å². The minimum atomic E-state index is -0.522. The molecule has 9 nitrogen and oxygen atoms in total. The van der Waals surface area contributed by atoms with Crippen molar-refractivity contribution in [2.45, 2.75) is 0 Å². The number of rotatable bonds is 4. The topological polar surface area (TPSA) is 113 Å². The van der Waals surface area contributed by atoms with Crippen LogP contribution in [0.3, 0.4) is 0 Å². The Morgan fingerprint density at radius 2 is 1.93 bits per heavy atom. The second kappa shape index (κ2) is 7.04. The Balaban J connectivity index is 1.56. The predicted octanol–water partition coefficient (Wildman–Crippen LogP) is 2.56. The number of hydrogen-bond acceptors (Lipinski definition) is 6. The van der Waals surface area contributed by atoms with Gasteiger partial charge in [-0.1, -0.05) is 6.07 Å². The molecule has 2 heterocycles. The number of nitro groups is 1. The van der Waals surface area contributed by atoms with E-state index in [0.717, 1.165) is 18.8 Å². The summed E-state index contributed by atoms with van der Waals surface area (Å²) in [5.74, 6) is -0.505. The van der Waals surface area contributed by atoms with Gasteiger partial charge >= 0.3 is 0 Å². The summed E-state index contributed by atoms with van der Waals surface area (Å²) < 4.78 is 5.34. The van der Waals surface area contributed by atoms with Crippen LogP contribution < -0.4 is 10.2 Å². The van der Waals surface area contributed by atoms with Gasteiger partial charge in [-0.05, 0) is 30.3 Å². The SMILES string of the molecule is O=C(Nc1ccc(N2CCOCC2)cc1)c1n[nH]c2cccc([N+](=O)[O-])c12. The molecule has 1 aliphatic heterocycles. The summed E-state index contributed by atoms with van der Waals surface area (Å²) in [5, 5.41) is 20.8. The fourth-order valence-corrected chi connectivity index (χ4v) is 3.14. The van der Waals surface area contributed by atoms with Crippen LogP contribution in [0.5, 0.6) is 0 Å². The van der Waals surface area contributed by atoms with Crippen molar-refractivity contribution in [3.05, 3.63) is 58.3 Å². The van der Waals surface area contributed by atoms with Gasteiger partial charge in [-0.25, -0.2) is 0 Å². The molecular weight excluding hydrogens is 350 g/mol. The lowest BCUT2D eigenvalue weighted by Gasteiger charge is -2.28. The molecule has 0 unspecified atom stereocenters. The largest absolute Gasteiger partial charge is 0.378 e. The zero-order valence-corrected chi connectivity index (χ0v) is 14.3. The molecule has 1 amide bonds. The predicted molar refractivity (Wildman–Crippen MR) is 100 cm³/mol. The second-order valence-corrected chi connectivity index (χ2v) is 6.13. The van der Waals surface area contributed by atoms with Gasteiger partial charge in [-0.15, -0.1) is 0 Å². The van der Waals surface area contributed by atoms with Crippen molar-refractivity contribution in [3.8, 4) is 0 Å². The molecule has 0 saturated carbocycles. The molecule has 138 valence electrons. The molecule has 4 rings (SSSR count). The molecule has 27 heavy (non-hydrogen) atoms. The van der Waals surface area contributed by atoms with Crippen molar-refractivity contribution in [1.82, 2.24) is 10.2 Å². The molecule has 2 N–H and O–H groups in total. The summed E-state index contributed by atoms with van der Waals surface area (Å²) in [4.78, 5) is 25.5. The summed E-state index contributed by atoms with van der Waals surface area (Å²) in [5.41, 5.74) is 1.92. The fraction of sp³-hybridized carbons (Fsp3) is 0.222. The van der Waals surface area contributed by atoms with Crippen molar-refractivity contribution in [3.63, 3.8) is 0 Å². The highest BCUT2D eigenvalue weighted by atomic mass is 16.6. The van der Waals surface area contributed by atoms with E-state index in [0.29, 0.717) is 24.4 Å². The fourth-order valence-electron chi connectivity index (χ4n) is 3.14. The summed E-state index contributed by atoms with van der Waals surface area (Å²) >= 11 is 0. The van der Waals surface area contributed by atoms with Gasteiger partial charge in [0, 0.05) is 30.5 Å². The van der Waals surface area contributed by atoms with Gasteiger partial charge in [0.15, 0.2) is 5.69 Å². The number of nitrogens with one attached hydrogen (secondary N) is 2. The molecule has 1 aliphatic rings. The Morgan fingerprint density at radius 1 is 1.19 bits per heavy atom. The van der Waals surface area contributed by atoms with Crippen LogP contribution in [0.2, 0.25) is 0 Å². The molecule has 0 aliphatic carbocycles. The van der Waals surface area contributed by atoms with Crippen LogP contribution in [-0.4, -0.2) is 47.3 Å². The zero-order chi connectivity index (χ0) is 18.8. The van der Waals surface area contributed by atoms with E-state index in [9.17, 15) is 14.9 Å². The number of amides is 1. The highest BCUT2D eigenvalue weighted by Gasteiger charge is 2.22. The van der Waals surface area contributed by atoms with E-state index in [2.05, 4.69) is 20.4 Å². The number of carbonyl (C=O) groups excluding carboxylic acids is 1. The van der Waals surface area contributed by atoms with Crippen LogP contribution in [0, 0.1) is 10.1 Å². The number of fused-ring (bicyclic) bond motifs is 1. The Bertz CT molecular complexity index is 993. The smallest absolute Gasteiger partial charge is 0.281 e. The number of nitrogens with zero attached hydrogens (tertiary/aromatic N) is 3. The molecule has 9 heteroatoms. The molecule has 1 saturated heterocycles. The third-order valence-corrected chi connectivity index (χ3v) is 4.48. The first-order chi connectivity index (χ1) is 13.1. The van der Waals surface area contributed by atoms with E-state index in [1.54, 1.807) is 24.3 Å². The van der Waals surface area contributed by atoms with Gasteiger partial charge in [-0.2, -0.15) is 5.10 Å². The van der Waals surface area contributed by atoms with Gasteiger partial charge < -0.3 is 15.0 Å². The van der Waals surface area contributed by atoms with Gasteiger partial charge in [0.1, 0.15) is 5.39 Å². The van der Waals surface area contributed by atoms with E-state index in [1.165, 1.54) is 6.07 Å². The third kappa shape index (κ3) is 3.32. The lowest BCUT2D eigenvalue weighted by atomic mass is 10.1. The quantitative estimate of drug-likeness (QED) is 0.541. The number of aromatic nitrogens is 2. The van der Waals surface area contributed by atoms with Gasteiger partial charge in [0.05, 0.1) is 23.7 Å². The lowest BCUT2D eigenvalue weighted by Crippen LogP contribution is -2.36. The van der Waals surface area contributed by atoms with E-state index >= 15 is 0 Å². The van der Waals surface area contributed by atoms with E-state index in [4.69, 9.17) is 4.74 Å². The number of ether oxygens (including phenoxy) is 1. The zero-order valence-electron chi connectivity index (χ0n) is 14.3. The molecular formula is C18H17N5O4. The maximum atomic E-state index is 12.6. The molecule has 1 aromatic heterocycles. The maximum absolute atomic E-state index is 12.6. The number of morpholine rings is 1. The van der Waals surface area contributed by atoms with Crippen LogP contribution in [0.25, 0.3) is 10.9 Å². The number of carbonyl (C=O) groups is 1. The average molecular weight is 367 g/mol. The van der Waals surface area contributed by atoms with E-state index < -0.39 is 10.8 Å². The van der Waals surface area contributed by atoms with Crippen molar-refractivity contribution >= 4 is 33.9 Å². The number of anilines is 2. The minimum absolute atomic E-state index is 0.00504. The van der Waals surface area contributed by atoms with Gasteiger partial charge in [0.2, 0.25) is 0 Å². The molecule has 2 aromatic carbocycles. The average Bonchev–Trinajstić information content (AvgIpc) is 3.13. The molecule has 3 aromatic rings. The molecule has 1 fully saturated rings. The third-order valence-electron chi connectivity index (χ3n) is 4.48. The number of hydrogen-bond donors (Lipinski definition) is 2. The highest BCUT2D eigenvalue weighted by molar-refractivity contribution is 6.13. The van der Waals surface area contributed by atoms with Crippen molar-refractivity contribution in [2.75, 3.05) is 36.5 Å². The van der Waals surface area contributed by atoms with Crippen LogP contribution >= 0.6 is 0 Å². The highest BCUT2D eigenvalue weighted by Crippen LogP contribution is 2.27. The molecule has 0 atom stereocenters. The Hall–Kier alpha value is -3.46. The molecule has 0 radical (unpaired) electrons. The summed E-state index contributed by atoms with van der Waals surface area (Å²) in [6.07, 6.45) is 0. The van der Waals surface area contributed by atoms with E-state index in [1.807, 2.05) is 12.1 Å². The van der Waals surface area contributed by atoms with Crippen LogP contribution in [0.1, 0.15) is 10.5 Å². The van der Waals surface area contributed by atoms with Crippen LogP contribution in [-0.2, 0) is 4.74 Å². The van der Waals surface area contributed by atoms with Crippen molar-refractivity contribution < 1.29 is 14.5 Å². The minimum Gasteiger partial charge on any atom is -0.378 e. The first-order valence-corrected chi connectivity index (χ1v) is 8.49. The van der Waals surface area contributed by atoms with Crippen molar-refractivity contribution in [2.24, 2.45) is 0 Å². The Labute approximate surface area is 154 Å². The lowest BCUT2D eigenvalue weighted by molar-refractivity contribution is -0.383. The number of benzene rings is 2. The monoisotopic (exact) mass is 367 g/mol. The number of aromatic amines is 1. The van der Waals surface area contributed by atoms with Gasteiger partial charge in [0.25, 0.3) is 11.6 Å². The number of H-pyrrole nitrogens is 1. The van der Waals surface area contributed by atoms with Crippen LogP contribution in [0.15, 0.2) is 42.5 Å².